The molecule has 1 aromatic carbocycles. The molecule has 0 radical (unpaired) electrons. The number of aromatic nitrogens is 1. The normalized spacial score (nSPS) is 14.6. The standard InChI is InChI=1S/C21H28N4O/c1-17(2)10-11-22-18-8-9-20(23-16-18)21(26)25-14-12-24(13-15-25)19-6-4-3-5-7-19/h3-9,16-17,22H,10-15H2,1-2H3. The number of carbonyl (C=O) groups excluding carboxylic acids is 1. The number of piperazine rings is 1. The second kappa shape index (κ2) is 8.70. The van der Waals surface area contributed by atoms with Crippen LogP contribution in [0, 0.1) is 5.92 Å². The van der Waals surface area contributed by atoms with E-state index < -0.39 is 0 Å². The molecule has 0 bridgehead atoms. The highest BCUT2D eigenvalue weighted by Crippen LogP contribution is 2.17. The number of anilines is 2. The molecule has 5 nitrogen and oxygen atoms in total. The lowest BCUT2D eigenvalue weighted by molar-refractivity contribution is 0.0741. The van der Waals surface area contributed by atoms with Gasteiger partial charge in [-0.25, -0.2) is 4.98 Å². The summed E-state index contributed by atoms with van der Waals surface area (Å²) in [5.74, 6) is 0.692. The number of nitrogens with zero attached hydrogens (tertiary/aromatic N) is 3. The van der Waals surface area contributed by atoms with E-state index in [1.54, 1.807) is 6.20 Å². The highest BCUT2D eigenvalue weighted by molar-refractivity contribution is 5.92. The molecule has 138 valence electrons. The molecule has 5 heteroatoms. The maximum absolute atomic E-state index is 12.7. The predicted molar refractivity (Wildman–Crippen MR) is 107 cm³/mol. The van der Waals surface area contributed by atoms with Gasteiger partial charge in [-0.1, -0.05) is 32.0 Å². The van der Waals surface area contributed by atoms with Crippen LogP contribution in [-0.4, -0.2) is 48.5 Å². The van der Waals surface area contributed by atoms with Crippen molar-refractivity contribution in [3.8, 4) is 0 Å². The number of pyridine rings is 1. The third kappa shape index (κ3) is 4.75. The van der Waals surface area contributed by atoms with Crippen molar-refractivity contribution in [3.63, 3.8) is 0 Å². The van der Waals surface area contributed by atoms with Crippen LogP contribution in [-0.2, 0) is 0 Å². The number of hydrogen-bond donors (Lipinski definition) is 1. The van der Waals surface area contributed by atoms with Crippen LogP contribution in [0.15, 0.2) is 48.7 Å². The largest absolute Gasteiger partial charge is 0.384 e. The van der Waals surface area contributed by atoms with Crippen molar-refractivity contribution in [2.75, 3.05) is 42.9 Å². The molecule has 0 spiro atoms. The lowest BCUT2D eigenvalue weighted by Crippen LogP contribution is -2.49. The van der Waals surface area contributed by atoms with E-state index in [0.29, 0.717) is 11.6 Å². The van der Waals surface area contributed by atoms with E-state index in [1.807, 2.05) is 35.2 Å². The summed E-state index contributed by atoms with van der Waals surface area (Å²) < 4.78 is 0. The molecule has 1 N–H and O–H groups in total. The summed E-state index contributed by atoms with van der Waals surface area (Å²) in [5.41, 5.74) is 2.71. The van der Waals surface area contributed by atoms with Crippen molar-refractivity contribution in [1.29, 1.82) is 0 Å². The Hall–Kier alpha value is -2.56. The Morgan fingerprint density at radius 2 is 1.81 bits per heavy atom. The first-order valence-corrected chi connectivity index (χ1v) is 9.42. The van der Waals surface area contributed by atoms with Gasteiger partial charge in [0.2, 0.25) is 0 Å². The summed E-state index contributed by atoms with van der Waals surface area (Å²) in [6.45, 7) is 8.50. The molecule has 0 atom stereocenters. The van der Waals surface area contributed by atoms with Crippen molar-refractivity contribution in [3.05, 3.63) is 54.4 Å². The first-order valence-electron chi connectivity index (χ1n) is 9.42. The highest BCUT2D eigenvalue weighted by atomic mass is 16.2. The second-order valence-corrected chi connectivity index (χ2v) is 7.16. The third-order valence-electron chi connectivity index (χ3n) is 4.72. The summed E-state index contributed by atoms with van der Waals surface area (Å²) in [6, 6.07) is 14.1. The van der Waals surface area contributed by atoms with Gasteiger partial charge < -0.3 is 15.1 Å². The van der Waals surface area contributed by atoms with Gasteiger partial charge >= 0.3 is 0 Å². The number of para-hydroxylation sites is 1. The molecule has 2 heterocycles. The topological polar surface area (TPSA) is 48.5 Å². The maximum Gasteiger partial charge on any atom is 0.272 e. The minimum Gasteiger partial charge on any atom is -0.384 e. The molecule has 3 rings (SSSR count). The first kappa shape index (κ1) is 18.2. The van der Waals surface area contributed by atoms with Crippen molar-refractivity contribution in [2.24, 2.45) is 5.92 Å². The Morgan fingerprint density at radius 1 is 1.08 bits per heavy atom. The number of nitrogens with one attached hydrogen (secondary N) is 1. The second-order valence-electron chi connectivity index (χ2n) is 7.16. The molecule has 1 amide bonds. The molecule has 0 saturated carbocycles. The lowest BCUT2D eigenvalue weighted by atomic mass is 10.1. The van der Waals surface area contributed by atoms with E-state index in [2.05, 4.69) is 41.2 Å². The zero-order chi connectivity index (χ0) is 18.4. The minimum atomic E-state index is 0.0199. The fourth-order valence-electron chi connectivity index (χ4n) is 3.10. The minimum absolute atomic E-state index is 0.0199. The number of rotatable bonds is 6. The van der Waals surface area contributed by atoms with Crippen molar-refractivity contribution in [1.82, 2.24) is 9.88 Å². The summed E-state index contributed by atoms with van der Waals surface area (Å²) in [5, 5.41) is 3.35. The predicted octanol–water partition coefficient (Wildman–Crippen LogP) is 3.50. The molecular formula is C21H28N4O. The van der Waals surface area contributed by atoms with Gasteiger partial charge in [-0.05, 0) is 36.6 Å². The summed E-state index contributed by atoms with van der Waals surface area (Å²) in [4.78, 5) is 21.3. The Kier molecular flexibility index (Phi) is 6.10. The van der Waals surface area contributed by atoms with Gasteiger partial charge in [0.15, 0.2) is 0 Å². The molecule has 2 aromatic rings. The summed E-state index contributed by atoms with van der Waals surface area (Å²) in [6.07, 6.45) is 2.88. The van der Waals surface area contributed by atoms with E-state index in [1.165, 1.54) is 5.69 Å². The van der Waals surface area contributed by atoms with Gasteiger partial charge in [-0.3, -0.25) is 4.79 Å². The van der Waals surface area contributed by atoms with Gasteiger partial charge in [0.1, 0.15) is 5.69 Å². The van der Waals surface area contributed by atoms with E-state index >= 15 is 0 Å². The van der Waals surface area contributed by atoms with Crippen LogP contribution >= 0.6 is 0 Å². The third-order valence-corrected chi connectivity index (χ3v) is 4.72. The highest BCUT2D eigenvalue weighted by Gasteiger charge is 2.22. The van der Waals surface area contributed by atoms with Gasteiger partial charge in [0, 0.05) is 38.4 Å². The molecule has 0 aliphatic carbocycles. The van der Waals surface area contributed by atoms with E-state index in [0.717, 1.165) is 44.8 Å². The fraction of sp³-hybridized carbons (Fsp3) is 0.429. The van der Waals surface area contributed by atoms with Crippen LogP contribution in [0.25, 0.3) is 0 Å². The average molecular weight is 352 g/mol. The van der Waals surface area contributed by atoms with Crippen LogP contribution in [0.4, 0.5) is 11.4 Å². The molecule has 1 aliphatic rings. The van der Waals surface area contributed by atoms with Crippen LogP contribution in [0.2, 0.25) is 0 Å². The number of amides is 1. The average Bonchev–Trinajstić information content (AvgIpc) is 2.68. The van der Waals surface area contributed by atoms with Gasteiger partial charge in [0.05, 0.1) is 11.9 Å². The van der Waals surface area contributed by atoms with Crippen molar-refractivity contribution in [2.45, 2.75) is 20.3 Å². The van der Waals surface area contributed by atoms with E-state index in [9.17, 15) is 4.79 Å². The maximum atomic E-state index is 12.7. The number of hydrogen-bond acceptors (Lipinski definition) is 4. The van der Waals surface area contributed by atoms with Crippen molar-refractivity contribution < 1.29 is 4.79 Å². The van der Waals surface area contributed by atoms with Crippen LogP contribution in [0.5, 0.6) is 0 Å². The zero-order valence-electron chi connectivity index (χ0n) is 15.7. The lowest BCUT2D eigenvalue weighted by Gasteiger charge is -2.36. The monoisotopic (exact) mass is 352 g/mol. The van der Waals surface area contributed by atoms with Crippen LogP contribution < -0.4 is 10.2 Å². The van der Waals surface area contributed by atoms with E-state index in [-0.39, 0.29) is 5.91 Å². The van der Waals surface area contributed by atoms with E-state index in [4.69, 9.17) is 0 Å². The summed E-state index contributed by atoms with van der Waals surface area (Å²) >= 11 is 0. The molecular weight excluding hydrogens is 324 g/mol. The molecule has 1 saturated heterocycles. The Labute approximate surface area is 156 Å². The first-order chi connectivity index (χ1) is 12.6. The SMILES string of the molecule is CC(C)CCNc1ccc(C(=O)N2CCN(c3ccccc3)CC2)nc1. The molecule has 1 aromatic heterocycles. The van der Waals surface area contributed by atoms with Crippen LogP contribution in [0.1, 0.15) is 30.8 Å². The summed E-state index contributed by atoms with van der Waals surface area (Å²) in [7, 11) is 0. The molecule has 1 fully saturated rings. The fourth-order valence-corrected chi connectivity index (χ4v) is 3.10. The van der Waals surface area contributed by atoms with Gasteiger partial charge in [0.25, 0.3) is 5.91 Å². The zero-order valence-corrected chi connectivity index (χ0v) is 15.7. The Morgan fingerprint density at radius 3 is 2.42 bits per heavy atom. The Balaban J connectivity index is 1.52. The van der Waals surface area contributed by atoms with Gasteiger partial charge in [-0.15, -0.1) is 0 Å². The quantitative estimate of drug-likeness (QED) is 0.864. The Bertz CT molecular complexity index is 692. The molecule has 1 aliphatic heterocycles. The molecule has 26 heavy (non-hydrogen) atoms. The van der Waals surface area contributed by atoms with Crippen LogP contribution in [0.3, 0.4) is 0 Å². The van der Waals surface area contributed by atoms with Gasteiger partial charge in [-0.2, -0.15) is 0 Å². The number of carbonyl (C=O) groups is 1. The smallest absolute Gasteiger partial charge is 0.272 e. The van der Waals surface area contributed by atoms with Crippen molar-refractivity contribution >= 4 is 17.3 Å². The number of benzene rings is 1. The molecule has 0 unspecified atom stereocenters.